The summed E-state index contributed by atoms with van der Waals surface area (Å²) in [6.45, 7) is 0. The lowest BCUT2D eigenvalue weighted by Crippen LogP contribution is -2.29. The summed E-state index contributed by atoms with van der Waals surface area (Å²) < 4.78 is 2.35. The van der Waals surface area contributed by atoms with Crippen molar-refractivity contribution in [3.05, 3.63) is 155 Å². The fraction of sp³-hybridized carbons (Fsp3) is 0.0571. The number of benzene rings is 4. The first kappa shape index (κ1) is 21.2. The number of rotatable bonds is 2. The third-order valence-electron chi connectivity index (χ3n) is 7.90. The maximum atomic E-state index is 5.41. The number of nitrogens with one attached hydrogen (secondary N) is 1. The van der Waals surface area contributed by atoms with Crippen molar-refractivity contribution in [3.63, 3.8) is 0 Å². The first-order valence-electron chi connectivity index (χ1n) is 13.1. The molecule has 1 N–H and O–H groups in total. The molecule has 0 amide bonds. The number of anilines is 1. The summed E-state index contributed by atoms with van der Waals surface area (Å²) in [4.78, 5) is 5.41. The van der Waals surface area contributed by atoms with Gasteiger partial charge in [-0.25, -0.2) is 4.99 Å². The van der Waals surface area contributed by atoms with Crippen LogP contribution >= 0.6 is 0 Å². The van der Waals surface area contributed by atoms with Gasteiger partial charge >= 0.3 is 0 Å². The van der Waals surface area contributed by atoms with Crippen molar-refractivity contribution in [1.29, 1.82) is 0 Å². The summed E-state index contributed by atoms with van der Waals surface area (Å²) in [6, 6.07) is 40.7. The molecule has 0 radical (unpaired) electrons. The summed E-state index contributed by atoms with van der Waals surface area (Å²) in [5.41, 5.74) is 12.2. The van der Waals surface area contributed by atoms with Crippen LogP contribution < -0.4 is 5.32 Å². The monoisotopic (exact) mass is 487 g/mol. The van der Waals surface area contributed by atoms with Crippen molar-refractivity contribution >= 4 is 29.4 Å². The lowest BCUT2D eigenvalue weighted by molar-refractivity contribution is 0.845. The van der Waals surface area contributed by atoms with Gasteiger partial charge in [0.1, 0.15) is 6.04 Å². The quantitative estimate of drug-likeness (QED) is 0.267. The zero-order valence-corrected chi connectivity index (χ0v) is 20.8. The van der Waals surface area contributed by atoms with Crippen LogP contribution in [0.3, 0.4) is 0 Å². The molecule has 2 heterocycles. The molecule has 0 spiro atoms. The maximum Gasteiger partial charge on any atom is 0.208 e. The molecule has 5 aromatic rings. The molecule has 0 saturated carbocycles. The van der Waals surface area contributed by atoms with E-state index in [9.17, 15) is 0 Å². The molecule has 1 aromatic heterocycles. The number of hydrogen-bond acceptors (Lipinski definition) is 2. The van der Waals surface area contributed by atoms with Gasteiger partial charge < -0.3 is 5.32 Å². The van der Waals surface area contributed by atoms with E-state index in [4.69, 9.17) is 4.99 Å². The van der Waals surface area contributed by atoms with Crippen molar-refractivity contribution < 1.29 is 0 Å². The van der Waals surface area contributed by atoms with Crippen LogP contribution in [-0.4, -0.2) is 10.5 Å². The highest BCUT2D eigenvalue weighted by atomic mass is 15.2. The first-order chi connectivity index (χ1) is 18.8. The Hall–Kier alpha value is -4.89. The van der Waals surface area contributed by atoms with Crippen LogP contribution in [0.4, 0.5) is 5.69 Å². The SMILES string of the molecule is C1=CC2C(=Cc3ccccc32)c2c1cc(-c1ccccc1)n2C1=NC(c2ccccc2)c2ccccc2N1. The van der Waals surface area contributed by atoms with Gasteiger partial charge in [0.25, 0.3) is 0 Å². The van der Waals surface area contributed by atoms with E-state index < -0.39 is 0 Å². The Kier molecular flexibility index (Phi) is 4.65. The van der Waals surface area contributed by atoms with E-state index in [2.05, 4.69) is 143 Å². The number of nitrogens with zero attached hydrogens (tertiary/aromatic N) is 2. The number of fused-ring (bicyclic) bond motifs is 6. The van der Waals surface area contributed by atoms with Crippen LogP contribution in [0.1, 0.15) is 45.5 Å². The molecular weight excluding hydrogens is 462 g/mol. The third kappa shape index (κ3) is 3.18. The number of aromatic nitrogens is 1. The lowest BCUT2D eigenvalue weighted by atomic mass is 9.88. The van der Waals surface area contributed by atoms with Gasteiger partial charge in [-0.1, -0.05) is 115 Å². The predicted molar refractivity (Wildman–Crippen MR) is 157 cm³/mol. The van der Waals surface area contributed by atoms with Gasteiger partial charge in [0, 0.05) is 22.7 Å². The van der Waals surface area contributed by atoms with Gasteiger partial charge in [0.05, 0.1) is 11.4 Å². The number of hydrogen-bond donors (Lipinski definition) is 1. The maximum absolute atomic E-state index is 5.41. The molecule has 4 aromatic carbocycles. The third-order valence-corrected chi connectivity index (χ3v) is 7.90. The molecule has 3 heteroatoms. The molecule has 3 nitrogen and oxygen atoms in total. The smallest absolute Gasteiger partial charge is 0.208 e. The normalized spacial score (nSPS) is 18.4. The molecule has 2 unspecified atom stereocenters. The molecule has 0 fully saturated rings. The molecule has 0 saturated heterocycles. The molecule has 0 bridgehead atoms. The second kappa shape index (κ2) is 8.32. The van der Waals surface area contributed by atoms with E-state index >= 15 is 0 Å². The summed E-state index contributed by atoms with van der Waals surface area (Å²) in [5.74, 6) is 1.10. The van der Waals surface area contributed by atoms with Gasteiger partial charge in [0.2, 0.25) is 5.96 Å². The van der Waals surface area contributed by atoms with Gasteiger partial charge in [-0.3, -0.25) is 4.57 Å². The van der Waals surface area contributed by atoms with Gasteiger partial charge in [-0.2, -0.15) is 0 Å². The number of allylic oxidation sites excluding steroid dienone is 2. The van der Waals surface area contributed by atoms with Gasteiger partial charge in [0.15, 0.2) is 0 Å². The highest BCUT2D eigenvalue weighted by Gasteiger charge is 2.34. The van der Waals surface area contributed by atoms with Crippen molar-refractivity contribution in [2.45, 2.75) is 12.0 Å². The van der Waals surface area contributed by atoms with E-state index in [1.54, 1.807) is 0 Å². The second-order valence-corrected chi connectivity index (χ2v) is 10.1. The number of aliphatic imine (C=N–C) groups is 1. The predicted octanol–water partition coefficient (Wildman–Crippen LogP) is 8.24. The fourth-order valence-corrected chi connectivity index (χ4v) is 6.16. The largest absolute Gasteiger partial charge is 0.325 e. The average Bonchev–Trinajstić information content (AvgIpc) is 3.56. The Bertz CT molecular complexity index is 1790. The summed E-state index contributed by atoms with van der Waals surface area (Å²) >= 11 is 0. The minimum Gasteiger partial charge on any atom is -0.325 e. The van der Waals surface area contributed by atoms with Gasteiger partial charge in [-0.05, 0) is 46.0 Å². The molecule has 180 valence electrons. The van der Waals surface area contributed by atoms with E-state index in [0.717, 1.165) is 17.3 Å². The van der Waals surface area contributed by atoms with E-state index in [1.807, 2.05) is 0 Å². The highest BCUT2D eigenvalue weighted by molar-refractivity contribution is 6.06. The summed E-state index contributed by atoms with van der Waals surface area (Å²) in [5, 5.41) is 3.72. The molecule has 2 atom stereocenters. The van der Waals surface area contributed by atoms with E-state index in [1.165, 1.54) is 44.6 Å². The van der Waals surface area contributed by atoms with Crippen LogP contribution in [0.5, 0.6) is 0 Å². The van der Waals surface area contributed by atoms with E-state index in [0.29, 0.717) is 0 Å². The molecule has 1 aliphatic heterocycles. The van der Waals surface area contributed by atoms with Crippen LogP contribution in [0.15, 0.2) is 126 Å². The Morgan fingerprint density at radius 2 is 1.39 bits per heavy atom. The van der Waals surface area contributed by atoms with Crippen LogP contribution in [0.25, 0.3) is 29.0 Å². The van der Waals surface area contributed by atoms with Gasteiger partial charge in [-0.15, -0.1) is 0 Å². The minimum atomic E-state index is -0.0880. The standard InChI is InChI=1S/C35H25N3/c1-3-11-23(12-4-1)32-22-26-19-20-28-27-16-8-7-15-25(27)21-30(28)34(26)38(32)35-36-31-18-10-9-17-29(31)33(37-35)24-13-5-2-6-14-24/h1-22,28,33H,(H,36,37). The zero-order valence-electron chi connectivity index (χ0n) is 20.8. The molecular formula is C35H25N3. The lowest BCUT2D eigenvalue weighted by Gasteiger charge is -2.29. The van der Waals surface area contributed by atoms with Crippen molar-refractivity contribution in [1.82, 2.24) is 4.57 Å². The Labute approximate surface area is 222 Å². The zero-order chi connectivity index (χ0) is 25.1. The fourth-order valence-electron chi connectivity index (χ4n) is 6.16. The minimum absolute atomic E-state index is 0.0880. The van der Waals surface area contributed by atoms with Crippen LogP contribution in [0.2, 0.25) is 0 Å². The van der Waals surface area contributed by atoms with Crippen molar-refractivity contribution in [2.24, 2.45) is 4.99 Å². The summed E-state index contributed by atoms with van der Waals surface area (Å²) in [6.07, 6.45) is 6.99. The molecule has 8 rings (SSSR count). The Balaban J connectivity index is 1.38. The Morgan fingerprint density at radius 1 is 0.684 bits per heavy atom. The van der Waals surface area contributed by atoms with Crippen molar-refractivity contribution in [3.8, 4) is 11.3 Å². The highest BCUT2D eigenvalue weighted by Crippen LogP contribution is 2.49. The number of para-hydroxylation sites is 1. The van der Waals surface area contributed by atoms with Crippen molar-refractivity contribution in [2.75, 3.05) is 5.32 Å². The van der Waals surface area contributed by atoms with E-state index in [-0.39, 0.29) is 12.0 Å². The Morgan fingerprint density at radius 3 is 2.24 bits per heavy atom. The average molecular weight is 488 g/mol. The first-order valence-corrected chi connectivity index (χ1v) is 13.1. The van der Waals surface area contributed by atoms with Crippen LogP contribution in [-0.2, 0) is 0 Å². The molecule has 2 aliphatic carbocycles. The topological polar surface area (TPSA) is 29.3 Å². The molecule has 3 aliphatic rings. The van der Waals surface area contributed by atoms with Crippen LogP contribution in [0, 0.1) is 0 Å². The summed E-state index contributed by atoms with van der Waals surface area (Å²) in [7, 11) is 0. The second-order valence-electron chi connectivity index (χ2n) is 10.1. The molecule has 38 heavy (non-hydrogen) atoms.